The highest BCUT2D eigenvalue weighted by Gasteiger charge is 2.30. The minimum absolute atomic E-state index is 0.0618. The van der Waals surface area contributed by atoms with Crippen molar-refractivity contribution in [2.75, 3.05) is 0 Å². The molecule has 2 aromatic rings. The molecule has 1 aliphatic carbocycles. The number of amides is 1. The summed E-state index contributed by atoms with van der Waals surface area (Å²) in [6.45, 7) is 2.60. The van der Waals surface area contributed by atoms with E-state index in [9.17, 15) is 4.79 Å². The number of aryl methyl sites for hydroxylation is 2. The number of para-hydroxylation sites is 1. The molecular weight excluding hydrogens is 290 g/mol. The predicted molar refractivity (Wildman–Crippen MR) is 88.2 cm³/mol. The lowest BCUT2D eigenvalue weighted by Crippen LogP contribution is -2.42. The van der Waals surface area contributed by atoms with Crippen LogP contribution in [0.15, 0.2) is 42.7 Å². The van der Waals surface area contributed by atoms with E-state index in [1.807, 2.05) is 48.1 Å². The number of benzene rings is 1. The van der Waals surface area contributed by atoms with Crippen LogP contribution < -0.4 is 10.1 Å². The molecule has 0 saturated heterocycles. The van der Waals surface area contributed by atoms with Crippen molar-refractivity contribution in [3.8, 4) is 5.75 Å². The average molecular weight is 313 g/mol. The van der Waals surface area contributed by atoms with Crippen LogP contribution in [0.25, 0.3) is 0 Å². The maximum Gasteiger partial charge on any atom is 0.222 e. The normalized spacial score (nSPS) is 20.4. The lowest BCUT2D eigenvalue weighted by molar-refractivity contribution is -0.122. The number of nitrogens with zero attached hydrogens (tertiary/aromatic N) is 2. The maximum absolute atomic E-state index is 12.2. The molecule has 2 unspecified atom stereocenters. The topological polar surface area (TPSA) is 56.2 Å². The van der Waals surface area contributed by atoms with E-state index in [2.05, 4.69) is 10.4 Å². The number of hydrogen-bond acceptors (Lipinski definition) is 3. The van der Waals surface area contributed by atoms with Crippen molar-refractivity contribution < 1.29 is 9.53 Å². The first kappa shape index (κ1) is 15.6. The van der Waals surface area contributed by atoms with Crippen LogP contribution in [-0.2, 0) is 11.3 Å². The van der Waals surface area contributed by atoms with Crippen LogP contribution in [0.4, 0.5) is 0 Å². The highest BCUT2D eigenvalue weighted by atomic mass is 16.5. The van der Waals surface area contributed by atoms with Gasteiger partial charge in [0, 0.05) is 19.2 Å². The van der Waals surface area contributed by atoms with Crippen molar-refractivity contribution >= 4 is 5.91 Å². The Kier molecular flexibility index (Phi) is 4.95. The molecule has 5 heteroatoms. The van der Waals surface area contributed by atoms with Crippen LogP contribution in [0, 0.1) is 6.92 Å². The number of aromatic nitrogens is 2. The predicted octanol–water partition coefficient (Wildman–Crippen LogP) is 2.70. The highest BCUT2D eigenvalue weighted by Crippen LogP contribution is 2.24. The van der Waals surface area contributed by atoms with Gasteiger partial charge in [0.1, 0.15) is 11.9 Å². The fourth-order valence-corrected chi connectivity index (χ4v) is 2.99. The summed E-state index contributed by atoms with van der Waals surface area (Å²) < 4.78 is 7.83. The van der Waals surface area contributed by atoms with E-state index in [-0.39, 0.29) is 18.1 Å². The summed E-state index contributed by atoms with van der Waals surface area (Å²) in [5, 5.41) is 7.32. The van der Waals surface area contributed by atoms with Gasteiger partial charge in [-0.25, -0.2) is 0 Å². The molecule has 3 rings (SSSR count). The summed E-state index contributed by atoms with van der Waals surface area (Å²) in [4.78, 5) is 12.2. The van der Waals surface area contributed by atoms with Gasteiger partial charge in [-0.1, -0.05) is 18.2 Å². The van der Waals surface area contributed by atoms with Gasteiger partial charge in [0.15, 0.2) is 0 Å². The van der Waals surface area contributed by atoms with Crippen LogP contribution >= 0.6 is 0 Å². The summed E-state index contributed by atoms with van der Waals surface area (Å²) in [6.07, 6.45) is 7.30. The highest BCUT2D eigenvalue weighted by molar-refractivity contribution is 5.76. The van der Waals surface area contributed by atoms with Crippen LogP contribution in [0.3, 0.4) is 0 Å². The second kappa shape index (κ2) is 7.31. The van der Waals surface area contributed by atoms with Gasteiger partial charge in [0.25, 0.3) is 0 Å². The van der Waals surface area contributed by atoms with Crippen molar-refractivity contribution in [2.24, 2.45) is 0 Å². The van der Waals surface area contributed by atoms with Crippen LogP contribution in [-0.4, -0.2) is 27.8 Å². The van der Waals surface area contributed by atoms with Crippen LogP contribution in [0.5, 0.6) is 5.75 Å². The molecule has 0 bridgehead atoms. The standard InChI is InChI=1S/C18H23N3O2/c1-14-12-19-21(13-14)11-10-18(22)20-16-8-5-9-17(16)23-15-6-3-2-4-7-15/h2-4,6-7,12-13,16-17H,5,8-11H2,1H3,(H,20,22). The minimum atomic E-state index is 0.0618. The summed E-state index contributed by atoms with van der Waals surface area (Å²) >= 11 is 0. The lowest BCUT2D eigenvalue weighted by Gasteiger charge is -2.22. The van der Waals surface area contributed by atoms with E-state index in [0.717, 1.165) is 30.6 Å². The molecule has 1 aromatic carbocycles. The van der Waals surface area contributed by atoms with Crippen molar-refractivity contribution in [1.29, 1.82) is 0 Å². The number of nitrogens with one attached hydrogen (secondary N) is 1. The first-order chi connectivity index (χ1) is 11.2. The zero-order chi connectivity index (χ0) is 16.1. The monoisotopic (exact) mass is 313 g/mol. The third-order valence-electron chi connectivity index (χ3n) is 4.16. The fraction of sp³-hybridized carbons (Fsp3) is 0.444. The number of ether oxygens (including phenoxy) is 1. The molecule has 0 radical (unpaired) electrons. The lowest BCUT2D eigenvalue weighted by atomic mass is 10.2. The molecule has 5 nitrogen and oxygen atoms in total. The molecule has 0 spiro atoms. The number of carbonyl (C=O) groups excluding carboxylic acids is 1. The third kappa shape index (κ3) is 4.34. The quantitative estimate of drug-likeness (QED) is 0.892. The van der Waals surface area contributed by atoms with E-state index in [1.54, 1.807) is 6.20 Å². The van der Waals surface area contributed by atoms with Crippen molar-refractivity contribution in [3.63, 3.8) is 0 Å². The molecule has 23 heavy (non-hydrogen) atoms. The van der Waals surface area contributed by atoms with Gasteiger partial charge in [0.05, 0.1) is 12.2 Å². The van der Waals surface area contributed by atoms with Gasteiger partial charge in [-0.3, -0.25) is 9.48 Å². The smallest absolute Gasteiger partial charge is 0.222 e. The van der Waals surface area contributed by atoms with E-state index in [4.69, 9.17) is 4.74 Å². The minimum Gasteiger partial charge on any atom is -0.488 e. The Hall–Kier alpha value is -2.30. The Morgan fingerprint density at radius 1 is 1.35 bits per heavy atom. The van der Waals surface area contributed by atoms with Crippen molar-refractivity contribution in [3.05, 3.63) is 48.3 Å². The van der Waals surface area contributed by atoms with Gasteiger partial charge in [-0.2, -0.15) is 5.10 Å². The Labute approximate surface area is 136 Å². The first-order valence-corrected chi connectivity index (χ1v) is 8.21. The molecule has 0 aliphatic heterocycles. The number of rotatable bonds is 6. The van der Waals surface area contributed by atoms with E-state index < -0.39 is 0 Å². The summed E-state index contributed by atoms with van der Waals surface area (Å²) in [5.74, 6) is 0.928. The van der Waals surface area contributed by atoms with Gasteiger partial charge in [0.2, 0.25) is 5.91 Å². The molecule has 2 atom stereocenters. The molecule has 1 aromatic heterocycles. The average Bonchev–Trinajstić information content (AvgIpc) is 3.16. The molecule has 1 N–H and O–H groups in total. The number of hydrogen-bond donors (Lipinski definition) is 1. The molecular formula is C18H23N3O2. The fourth-order valence-electron chi connectivity index (χ4n) is 2.99. The molecule has 1 heterocycles. The Morgan fingerprint density at radius 2 is 2.17 bits per heavy atom. The largest absolute Gasteiger partial charge is 0.488 e. The Morgan fingerprint density at radius 3 is 2.91 bits per heavy atom. The molecule has 1 fully saturated rings. The summed E-state index contributed by atoms with van der Waals surface area (Å²) in [5.41, 5.74) is 1.11. The number of carbonyl (C=O) groups is 1. The summed E-state index contributed by atoms with van der Waals surface area (Å²) in [6, 6.07) is 9.90. The van der Waals surface area contributed by atoms with E-state index in [0.29, 0.717) is 13.0 Å². The van der Waals surface area contributed by atoms with Gasteiger partial charge in [-0.15, -0.1) is 0 Å². The van der Waals surface area contributed by atoms with E-state index >= 15 is 0 Å². The Bertz CT molecular complexity index is 639. The van der Waals surface area contributed by atoms with Crippen molar-refractivity contribution in [1.82, 2.24) is 15.1 Å². The molecule has 122 valence electrons. The zero-order valence-corrected chi connectivity index (χ0v) is 13.4. The molecule has 1 aliphatic rings. The second-order valence-electron chi connectivity index (χ2n) is 6.11. The van der Waals surface area contributed by atoms with E-state index in [1.165, 1.54) is 0 Å². The third-order valence-corrected chi connectivity index (χ3v) is 4.16. The SMILES string of the molecule is Cc1cnn(CCC(=O)NC2CCCC2Oc2ccccc2)c1. The van der Waals surface area contributed by atoms with Crippen LogP contribution in [0.1, 0.15) is 31.2 Å². The molecule has 1 amide bonds. The summed E-state index contributed by atoms with van der Waals surface area (Å²) in [7, 11) is 0. The second-order valence-corrected chi connectivity index (χ2v) is 6.11. The molecule has 1 saturated carbocycles. The van der Waals surface area contributed by atoms with Gasteiger partial charge in [-0.05, 0) is 43.9 Å². The van der Waals surface area contributed by atoms with Gasteiger partial charge >= 0.3 is 0 Å². The van der Waals surface area contributed by atoms with Crippen molar-refractivity contribution in [2.45, 2.75) is 51.3 Å². The zero-order valence-electron chi connectivity index (χ0n) is 13.4. The van der Waals surface area contributed by atoms with Gasteiger partial charge < -0.3 is 10.1 Å². The van der Waals surface area contributed by atoms with Crippen LogP contribution in [0.2, 0.25) is 0 Å². The Balaban J connectivity index is 1.48. The maximum atomic E-state index is 12.2. The first-order valence-electron chi connectivity index (χ1n) is 8.21.